The molecule has 11 heteroatoms. The molecule has 2 aliphatic carbocycles. The van der Waals surface area contributed by atoms with Gasteiger partial charge in [-0.05, 0) is 37.8 Å². The van der Waals surface area contributed by atoms with Crippen molar-refractivity contribution in [2.24, 2.45) is 0 Å². The highest BCUT2D eigenvalue weighted by molar-refractivity contribution is 8.01. The monoisotopic (exact) mass is 481 g/mol. The number of nitrogens with zero attached hydrogens (tertiary/aromatic N) is 3. The van der Waals surface area contributed by atoms with Crippen LogP contribution in [0.1, 0.15) is 44.9 Å². The Kier molecular flexibility index (Phi) is 7.15. The van der Waals surface area contributed by atoms with E-state index in [4.69, 9.17) is 0 Å². The van der Waals surface area contributed by atoms with Crippen LogP contribution in [0.15, 0.2) is 33.5 Å². The molecule has 0 unspecified atom stereocenters. The Balaban J connectivity index is 1.39. The van der Waals surface area contributed by atoms with Gasteiger partial charge in [-0.25, -0.2) is 8.42 Å². The number of hydrogen-bond acceptors (Lipinski definition) is 8. The van der Waals surface area contributed by atoms with Crippen molar-refractivity contribution in [3.05, 3.63) is 24.3 Å². The maximum atomic E-state index is 13.3. The van der Waals surface area contributed by atoms with Gasteiger partial charge in [0.25, 0.3) is 0 Å². The maximum absolute atomic E-state index is 13.3. The molecule has 1 aromatic carbocycles. The van der Waals surface area contributed by atoms with Crippen LogP contribution in [0.3, 0.4) is 0 Å². The summed E-state index contributed by atoms with van der Waals surface area (Å²) in [5.41, 5.74) is 0.309. The van der Waals surface area contributed by atoms with Gasteiger partial charge in [-0.2, -0.15) is 4.31 Å². The van der Waals surface area contributed by atoms with Gasteiger partial charge < -0.3 is 10.6 Å². The summed E-state index contributed by atoms with van der Waals surface area (Å²) in [7, 11) is -2.06. The topological polar surface area (TPSA) is 104 Å². The van der Waals surface area contributed by atoms with Crippen LogP contribution in [0, 0.1) is 0 Å². The molecule has 1 aromatic heterocycles. The van der Waals surface area contributed by atoms with Gasteiger partial charge in [0.15, 0.2) is 4.34 Å². The zero-order chi connectivity index (χ0) is 21.8. The average Bonchev–Trinajstić information content (AvgIpc) is 3.48. The summed E-state index contributed by atoms with van der Waals surface area (Å²) in [6, 6.07) is 7.10. The first-order valence-corrected chi connectivity index (χ1v) is 13.8. The number of thioether (sulfide) groups is 1. The number of anilines is 2. The third-order valence-corrected chi connectivity index (χ3v) is 9.50. The number of carbonyl (C=O) groups is 1. The highest BCUT2D eigenvalue weighted by atomic mass is 32.2. The summed E-state index contributed by atoms with van der Waals surface area (Å²) >= 11 is 2.72. The molecule has 2 saturated carbocycles. The molecule has 2 fully saturated rings. The fraction of sp³-hybridized carbons (Fsp3) is 0.550. The number of hydrogen-bond donors (Lipinski definition) is 2. The predicted molar refractivity (Wildman–Crippen MR) is 124 cm³/mol. The Hall–Kier alpha value is -1.69. The predicted octanol–water partition coefficient (Wildman–Crippen LogP) is 3.80. The van der Waals surface area contributed by atoms with Gasteiger partial charge in [0.2, 0.25) is 21.1 Å². The molecule has 2 N–H and O–H groups in total. The van der Waals surface area contributed by atoms with E-state index < -0.39 is 10.0 Å². The number of sulfonamides is 1. The minimum Gasteiger partial charge on any atom is -0.357 e. The molecule has 0 saturated heterocycles. The summed E-state index contributed by atoms with van der Waals surface area (Å²) < 4.78 is 28.7. The smallest absolute Gasteiger partial charge is 0.245 e. The summed E-state index contributed by atoms with van der Waals surface area (Å²) in [6.07, 6.45) is 7.31. The average molecular weight is 482 g/mol. The van der Waals surface area contributed by atoms with Gasteiger partial charge in [0.05, 0.1) is 11.4 Å². The SMILES string of the molecule is CN(C1CCCCC1)S(=O)(=O)c1ccccc1NC(=O)CSc1nnc(NC2CC2)s1. The zero-order valence-corrected chi connectivity index (χ0v) is 19.9. The largest absolute Gasteiger partial charge is 0.357 e. The molecule has 2 aromatic rings. The number of benzene rings is 1. The Morgan fingerprint density at radius 1 is 1.16 bits per heavy atom. The van der Waals surface area contributed by atoms with Crippen LogP contribution in [-0.4, -0.2) is 53.7 Å². The second kappa shape index (κ2) is 9.85. The molecular weight excluding hydrogens is 454 g/mol. The number of amides is 1. The van der Waals surface area contributed by atoms with Gasteiger partial charge >= 0.3 is 0 Å². The van der Waals surface area contributed by atoms with Crippen molar-refractivity contribution in [1.82, 2.24) is 14.5 Å². The van der Waals surface area contributed by atoms with Gasteiger partial charge in [0.1, 0.15) is 4.90 Å². The minimum atomic E-state index is -3.70. The quantitative estimate of drug-likeness (QED) is 0.525. The van der Waals surface area contributed by atoms with Crippen LogP contribution in [0.25, 0.3) is 0 Å². The standard InChI is InChI=1S/C20H27N5O3S3/c1-25(15-7-3-2-4-8-15)31(27,28)17-10-6-5-9-16(17)22-18(26)13-29-20-24-23-19(30-20)21-14-11-12-14/h5-6,9-10,14-15H,2-4,7-8,11-13H2,1H3,(H,21,23)(H,22,26). The van der Waals surface area contributed by atoms with E-state index in [0.29, 0.717) is 16.1 Å². The molecule has 0 spiro atoms. The van der Waals surface area contributed by atoms with Gasteiger partial charge in [-0.3, -0.25) is 4.79 Å². The van der Waals surface area contributed by atoms with Gasteiger partial charge in [-0.1, -0.05) is 54.5 Å². The Morgan fingerprint density at radius 2 is 1.90 bits per heavy atom. The molecule has 0 bridgehead atoms. The van der Waals surface area contributed by atoms with Crippen LogP contribution in [0.2, 0.25) is 0 Å². The first-order chi connectivity index (χ1) is 14.9. The van der Waals surface area contributed by atoms with Crippen molar-refractivity contribution in [2.45, 2.75) is 66.3 Å². The van der Waals surface area contributed by atoms with E-state index in [1.807, 2.05) is 0 Å². The van der Waals surface area contributed by atoms with Crippen LogP contribution in [0.4, 0.5) is 10.8 Å². The summed E-state index contributed by atoms with van der Waals surface area (Å²) in [5.74, 6) is -0.148. The molecule has 168 valence electrons. The Labute approximate surface area is 191 Å². The molecule has 1 amide bonds. The number of carbonyl (C=O) groups excluding carboxylic acids is 1. The molecule has 8 nitrogen and oxygen atoms in total. The van der Waals surface area contributed by atoms with E-state index >= 15 is 0 Å². The molecule has 2 aliphatic rings. The van der Waals surface area contributed by atoms with E-state index in [-0.39, 0.29) is 22.6 Å². The number of para-hydroxylation sites is 1. The summed E-state index contributed by atoms with van der Waals surface area (Å²) in [5, 5.41) is 15.0. The zero-order valence-electron chi connectivity index (χ0n) is 17.4. The first-order valence-electron chi connectivity index (χ1n) is 10.5. The normalized spacial score (nSPS) is 17.6. The number of aromatic nitrogens is 2. The van der Waals surface area contributed by atoms with E-state index in [1.165, 1.54) is 27.4 Å². The molecule has 0 aliphatic heterocycles. The van der Waals surface area contributed by atoms with Crippen LogP contribution in [-0.2, 0) is 14.8 Å². The lowest BCUT2D eigenvalue weighted by atomic mass is 9.96. The van der Waals surface area contributed by atoms with Crippen molar-refractivity contribution in [3.8, 4) is 0 Å². The van der Waals surface area contributed by atoms with Crippen molar-refractivity contribution in [1.29, 1.82) is 0 Å². The van der Waals surface area contributed by atoms with Gasteiger partial charge in [-0.15, -0.1) is 10.2 Å². The van der Waals surface area contributed by atoms with Crippen LogP contribution < -0.4 is 10.6 Å². The van der Waals surface area contributed by atoms with E-state index in [9.17, 15) is 13.2 Å². The van der Waals surface area contributed by atoms with E-state index in [0.717, 1.165) is 50.1 Å². The molecule has 31 heavy (non-hydrogen) atoms. The second-order valence-corrected chi connectivity index (χ2v) is 12.1. The minimum absolute atomic E-state index is 0.00825. The molecule has 1 heterocycles. The fourth-order valence-corrected chi connectivity index (χ4v) is 6.82. The highest BCUT2D eigenvalue weighted by Gasteiger charge is 2.31. The maximum Gasteiger partial charge on any atom is 0.245 e. The summed E-state index contributed by atoms with van der Waals surface area (Å²) in [4.78, 5) is 12.7. The third-order valence-electron chi connectivity index (χ3n) is 5.55. The lowest BCUT2D eigenvalue weighted by Gasteiger charge is -2.30. The molecule has 0 radical (unpaired) electrons. The third kappa shape index (κ3) is 5.76. The van der Waals surface area contributed by atoms with Crippen LogP contribution in [0.5, 0.6) is 0 Å². The molecule has 4 rings (SSSR count). The summed E-state index contributed by atoms with van der Waals surface area (Å²) in [6.45, 7) is 0. The first kappa shape index (κ1) is 22.5. The fourth-order valence-electron chi connectivity index (χ4n) is 3.63. The molecular formula is C20H27N5O3S3. The number of nitrogens with one attached hydrogen (secondary N) is 2. The lowest BCUT2D eigenvalue weighted by molar-refractivity contribution is -0.113. The number of rotatable bonds is 9. The molecule has 0 atom stereocenters. The van der Waals surface area contributed by atoms with E-state index in [2.05, 4.69) is 20.8 Å². The van der Waals surface area contributed by atoms with Crippen molar-refractivity contribution < 1.29 is 13.2 Å². The Morgan fingerprint density at radius 3 is 2.65 bits per heavy atom. The van der Waals surface area contributed by atoms with Crippen LogP contribution >= 0.6 is 23.1 Å². The van der Waals surface area contributed by atoms with Crippen molar-refractivity contribution >= 4 is 49.8 Å². The second-order valence-electron chi connectivity index (χ2n) is 7.94. The van der Waals surface area contributed by atoms with Crippen molar-refractivity contribution in [3.63, 3.8) is 0 Å². The van der Waals surface area contributed by atoms with Gasteiger partial charge in [0, 0.05) is 19.1 Å². The van der Waals surface area contributed by atoms with Crippen molar-refractivity contribution in [2.75, 3.05) is 23.4 Å². The lowest BCUT2D eigenvalue weighted by Crippen LogP contribution is -2.38. The van der Waals surface area contributed by atoms with E-state index in [1.54, 1.807) is 31.3 Å². The Bertz CT molecular complexity index is 1020. The highest BCUT2D eigenvalue weighted by Crippen LogP contribution is 2.32.